The maximum Gasteiger partial charge on any atom is 0.295 e. The SMILES string of the molecule is O=C(CN1CCCN(Cc2ccccc2)CC1)Nc1ccc(F)cc1[N+](=O)[O-]. The highest BCUT2D eigenvalue weighted by atomic mass is 19.1. The Balaban J connectivity index is 1.53. The van der Waals surface area contributed by atoms with Crippen LogP contribution in [0.3, 0.4) is 0 Å². The van der Waals surface area contributed by atoms with Gasteiger partial charge in [-0.05, 0) is 37.2 Å². The molecule has 148 valence electrons. The normalized spacial score (nSPS) is 15.8. The number of halogens is 1. The minimum Gasteiger partial charge on any atom is -0.319 e. The molecule has 3 rings (SSSR count). The second-order valence-electron chi connectivity index (χ2n) is 6.86. The minimum atomic E-state index is -0.712. The van der Waals surface area contributed by atoms with E-state index in [2.05, 4.69) is 22.3 Å². The molecule has 0 unspecified atom stereocenters. The second kappa shape index (κ2) is 9.38. The summed E-state index contributed by atoms with van der Waals surface area (Å²) in [5, 5.41) is 13.6. The Kier molecular flexibility index (Phi) is 6.67. The summed E-state index contributed by atoms with van der Waals surface area (Å²) in [5.74, 6) is -1.05. The predicted molar refractivity (Wildman–Crippen MR) is 104 cm³/mol. The molecule has 1 aliphatic heterocycles. The number of nitro groups is 1. The van der Waals surface area contributed by atoms with Crippen molar-refractivity contribution in [3.05, 3.63) is 70.0 Å². The maximum absolute atomic E-state index is 13.2. The van der Waals surface area contributed by atoms with Crippen molar-refractivity contribution < 1.29 is 14.1 Å². The van der Waals surface area contributed by atoms with Gasteiger partial charge in [-0.25, -0.2) is 4.39 Å². The van der Waals surface area contributed by atoms with Crippen molar-refractivity contribution in [1.82, 2.24) is 9.80 Å². The second-order valence-corrected chi connectivity index (χ2v) is 6.86. The summed E-state index contributed by atoms with van der Waals surface area (Å²) >= 11 is 0. The van der Waals surface area contributed by atoms with E-state index in [0.717, 1.165) is 51.3 Å². The van der Waals surface area contributed by atoms with E-state index in [4.69, 9.17) is 0 Å². The number of hydrogen-bond donors (Lipinski definition) is 1. The first kappa shape index (κ1) is 19.9. The van der Waals surface area contributed by atoms with Crippen LogP contribution in [-0.4, -0.2) is 53.4 Å². The lowest BCUT2D eigenvalue weighted by atomic mass is 10.2. The van der Waals surface area contributed by atoms with E-state index in [1.54, 1.807) is 0 Å². The van der Waals surface area contributed by atoms with Crippen LogP contribution in [0, 0.1) is 15.9 Å². The summed E-state index contributed by atoms with van der Waals surface area (Å²) in [7, 11) is 0. The standard InChI is InChI=1S/C20H23FN4O3/c21-17-7-8-18(19(13-17)25(27)28)22-20(26)15-24-10-4-9-23(11-12-24)14-16-5-2-1-3-6-16/h1-3,5-8,13H,4,9-12,14-15H2,(H,22,26). The van der Waals surface area contributed by atoms with E-state index >= 15 is 0 Å². The molecule has 7 nitrogen and oxygen atoms in total. The Hall–Kier alpha value is -2.84. The fourth-order valence-corrected chi connectivity index (χ4v) is 3.34. The average Bonchev–Trinajstić information content (AvgIpc) is 2.89. The molecule has 1 N–H and O–H groups in total. The molecule has 0 atom stereocenters. The molecule has 0 bridgehead atoms. The molecule has 28 heavy (non-hydrogen) atoms. The van der Waals surface area contributed by atoms with Crippen molar-refractivity contribution >= 4 is 17.3 Å². The molecule has 0 radical (unpaired) electrons. The highest BCUT2D eigenvalue weighted by Crippen LogP contribution is 2.25. The van der Waals surface area contributed by atoms with Gasteiger partial charge in [0.1, 0.15) is 11.5 Å². The smallest absolute Gasteiger partial charge is 0.295 e. The number of carbonyl (C=O) groups excluding carboxylic acids is 1. The Bertz CT molecular complexity index is 831. The molecule has 1 saturated heterocycles. The summed E-state index contributed by atoms with van der Waals surface area (Å²) in [5.41, 5.74) is 0.826. The van der Waals surface area contributed by atoms with Crippen molar-refractivity contribution in [1.29, 1.82) is 0 Å². The van der Waals surface area contributed by atoms with E-state index in [9.17, 15) is 19.3 Å². The zero-order chi connectivity index (χ0) is 19.9. The van der Waals surface area contributed by atoms with Gasteiger partial charge in [0, 0.05) is 19.6 Å². The van der Waals surface area contributed by atoms with Gasteiger partial charge < -0.3 is 5.32 Å². The first-order valence-corrected chi connectivity index (χ1v) is 9.24. The molecule has 8 heteroatoms. The van der Waals surface area contributed by atoms with Crippen molar-refractivity contribution in [2.45, 2.75) is 13.0 Å². The monoisotopic (exact) mass is 386 g/mol. The number of rotatable bonds is 6. The molecule has 0 saturated carbocycles. The van der Waals surface area contributed by atoms with E-state index in [1.165, 1.54) is 11.6 Å². The molecule has 0 aromatic heterocycles. The van der Waals surface area contributed by atoms with Gasteiger partial charge in [0.05, 0.1) is 17.5 Å². The summed E-state index contributed by atoms with van der Waals surface area (Å²) in [6.45, 7) is 4.35. The summed E-state index contributed by atoms with van der Waals surface area (Å²) in [4.78, 5) is 27.1. The van der Waals surface area contributed by atoms with Crippen molar-refractivity contribution in [2.75, 3.05) is 38.0 Å². The lowest BCUT2D eigenvalue weighted by Gasteiger charge is -2.21. The molecule has 2 aromatic rings. The molecule has 0 spiro atoms. The quantitative estimate of drug-likeness (QED) is 0.610. The van der Waals surface area contributed by atoms with Crippen LogP contribution < -0.4 is 5.32 Å². The summed E-state index contributed by atoms with van der Waals surface area (Å²) in [6, 6.07) is 13.4. The molecule has 1 heterocycles. The number of anilines is 1. The van der Waals surface area contributed by atoms with Crippen LogP contribution in [0.2, 0.25) is 0 Å². The van der Waals surface area contributed by atoms with Gasteiger partial charge in [-0.2, -0.15) is 0 Å². The number of carbonyl (C=O) groups is 1. The third kappa shape index (κ3) is 5.58. The zero-order valence-corrected chi connectivity index (χ0v) is 15.5. The fraction of sp³-hybridized carbons (Fsp3) is 0.350. The third-order valence-electron chi connectivity index (χ3n) is 4.73. The van der Waals surface area contributed by atoms with Crippen molar-refractivity contribution in [3.63, 3.8) is 0 Å². The first-order valence-electron chi connectivity index (χ1n) is 9.24. The Morgan fingerprint density at radius 2 is 1.79 bits per heavy atom. The van der Waals surface area contributed by atoms with Crippen molar-refractivity contribution in [2.24, 2.45) is 0 Å². The van der Waals surface area contributed by atoms with Crippen LogP contribution >= 0.6 is 0 Å². The van der Waals surface area contributed by atoms with E-state index in [-0.39, 0.29) is 18.1 Å². The van der Waals surface area contributed by atoms with Crippen LogP contribution in [0.5, 0.6) is 0 Å². The molecular formula is C20H23FN4O3. The van der Waals surface area contributed by atoms with E-state index in [1.807, 2.05) is 23.1 Å². The number of hydrogen-bond acceptors (Lipinski definition) is 5. The van der Waals surface area contributed by atoms with Crippen LogP contribution in [0.4, 0.5) is 15.8 Å². The Morgan fingerprint density at radius 1 is 1.07 bits per heavy atom. The van der Waals surface area contributed by atoms with E-state index < -0.39 is 16.4 Å². The van der Waals surface area contributed by atoms with Gasteiger partial charge >= 0.3 is 0 Å². The minimum absolute atomic E-state index is 0.0110. The van der Waals surface area contributed by atoms with Gasteiger partial charge in [-0.1, -0.05) is 30.3 Å². The topological polar surface area (TPSA) is 78.7 Å². The predicted octanol–water partition coefficient (Wildman–Crippen LogP) is 2.88. The number of nitrogens with zero attached hydrogens (tertiary/aromatic N) is 3. The maximum atomic E-state index is 13.2. The third-order valence-corrected chi connectivity index (χ3v) is 4.73. The highest BCUT2D eigenvalue weighted by Gasteiger charge is 2.20. The molecule has 1 fully saturated rings. The van der Waals surface area contributed by atoms with Gasteiger partial charge in [0.25, 0.3) is 5.69 Å². The van der Waals surface area contributed by atoms with Crippen LogP contribution in [0.1, 0.15) is 12.0 Å². The molecule has 1 amide bonds. The zero-order valence-electron chi connectivity index (χ0n) is 15.5. The Labute approximate surface area is 162 Å². The van der Waals surface area contributed by atoms with E-state index in [0.29, 0.717) is 0 Å². The van der Waals surface area contributed by atoms with Crippen LogP contribution in [0.15, 0.2) is 48.5 Å². The molecule has 0 aliphatic carbocycles. The average molecular weight is 386 g/mol. The molecule has 2 aromatic carbocycles. The number of nitro benzene ring substituents is 1. The lowest BCUT2D eigenvalue weighted by molar-refractivity contribution is -0.384. The number of benzene rings is 2. The first-order chi connectivity index (χ1) is 13.5. The van der Waals surface area contributed by atoms with Gasteiger partial charge in [-0.15, -0.1) is 0 Å². The summed E-state index contributed by atoms with van der Waals surface area (Å²) < 4.78 is 13.2. The fourth-order valence-electron chi connectivity index (χ4n) is 3.34. The lowest BCUT2D eigenvalue weighted by Crippen LogP contribution is -2.36. The summed E-state index contributed by atoms with van der Waals surface area (Å²) in [6.07, 6.45) is 0.941. The largest absolute Gasteiger partial charge is 0.319 e. The number of nitrogens with one attached hydrogen (secondary N) is 1. The van der Waals surface area contributed by atoms with Gasteiger partial charge in [0.15, 0.2) is 0 Å². The molecule has 1 aliphatic rings. The van der Waals surface area contributed by atoms with Gasteiger partial charge in [-0.3, -0.25) is 24.7 Å². The number of amides is 1. The highest BCUT2D eigenvalue weighted by molar-refractivity contribution is 5.94. The van der Waals surface area contributed by atoms with Crippen molar-refractivity contribution in [3.8, 4) is 0 Å². The Morgan fingerprint density at radius 3 is 2.54 bits per heavy atom. The van der Waals surface area contributed by atoms with Gasteiger partial charge in [0.2, 0.25) is 5.91 Å². The molecular weight excluding hydrogens is 363 g/mol. The van der Waals surface area contributed by atoms with Crippen LogP contribution in [0.25, 0.3) is 0 Å². The van der Waals surface area contributed by atoms with Crippen LogP contribution in [-0.2, 0) is 11.3 Å².